The van der Waals surface area contributed by atoms with Crippen LogP contribution in [0, 0.1) is 0 Å². The lowest BCUT2D eigenvalue weighted by Crippen LogP contribution is -2.61. The SMILES string of the molecule is COCCN1CC(Cc2ccccc2)(c2cccc(OCCNS(=O)(=O)c3cn(C)cn3)c2)C1. The lowest BCUT2D eigenvalue weighted by atomic mass is 9.69. The molecule has 1 saturated heterocycles. The minimum atomic E-state index is -3.65. The molecule has 0 amide bonds. The summed E-state index contributed by atoms with van der Waals surface area (Å²) in [6.07, 6.45) is 3.87. The van der Waals surface area contributed by atoms with Crippen LogP contribution in [-0.2, 0) is 33.6 Å². The average Bonchev–Trinajstić information content (AvgIpc) is 3.26. The molecule has 8 nitrogen and oxygen atoms in total. The monoisotopic (exact) mass is 484 g/mol. The lowest BCUT2D eigenvalue weighted by Gasteiger charge is -2.51. The summed E-state index contributed by atoms with van der Waals surface area (Å²) >= 11 is 0. The normalized spacial score (nSPS) is 15.7. The summed E-state index contributed by atoms with van der Waals surface area (Å²) in [5.74, 6) is 0.734. The highest BCUT2D eigenvalue weighted by molar-refractivity contribution is 7.89. The van der Waals surface area contributed by atoms with Crippen LogP contribution >= 0.6 is 0 Å². The third-order valence-corrected chi connectivity index (χ3v) is 7.46. The maximum absolute atomic E-state index is 12.3. The molecule has 1 aliphatic rings. The Labute approximate surface area is 201 Å². The zero-order valence-electron chi connectivity index (χ0n) is 19.7. The first kappa shape index (κ1) is 24.4. The molecule has 2 aromatic carbocycles. The molecular weight excluding hydrogens is 452 g/mol. The van der Waals surface area contributed by atoms with Crippen molar-refractivity contribution in [2.45, 2.75) is 16.9 Å². The van der Waals surface area contributed by atoms with Crippen LogP contribution in [0.2, 0.25) is 0 Å². The van der Waals surface area contributed by atoms with Crippen LogP contribution in [0.3, 0.4) is 0 Å². The Balaban J connectivity index is 1.40. The molecule has 0 unspecified atom stereocenters. The van der Waals surface area contributed by atoms with E-state index in [2.05, 4.69) is 51.0 Å². The maximum Gasteiger partial charge on any atom is 0.259 e. The van der Waals surface area contributed by atoms with Crippen molar-refractivity contribution in [1.29, 1.82) is 0 Å². The number of methoxy groups -OCH3 is 1. The van der Waals surface area contributed by atoms with Gasteiger partial charge < -0.3 is 14.0 Å². The number of sulfonamides is 1. The van der Waals surface area contributed by atoms with Gasteiger partial charge in [-0.3, -0.25) is 4.90 Å². The highest BCUT2D eigenvalue weighted by atomic mass is 32.2. The molecule has 0 bridgehead atoms. The van der Waals surface area contributed by atoms with E-state index in [4.69, 9.17) is 9.47 Å². The third-order valence-electron chi connectivity index (χ3n) is 6.12. The molecule has 1 aromatic heterocycles. The number of hydrogen-bond acceptors (Lipinski definition) is 6. The lowest BCUT2D eigenvalue weighted by molar-refractivity contribution is 0.0387. The molecule has 9 heteroatoms. The van der Waals surface area contributed by atoms with Gasteiger partial charge in [0.15, 0.2) is 5.03 Å². The second kappa shape index (κ2) is 10.7. The first-order chi connectivity index (χ1) is 16.4. The number of ether oxygens (including phenoxy) is 2. The fourth-order valence-corrected chi connectivity index (χ4v) is 5.42. The van der Waals surface area contributed by atoms with Crippen molar-refractivity contribution in [2.75, 3.05) is 46.5 Å². The molecule has 0 radical (unpaired) electrons. The van der Waals surface area contributed by atoms with E-state index < -0.39 is 10.0 Å². The summed E-state index contributed by atoms with van der Waals surface area (Å²) in [5, 5.41) is 0.00265. The summed E-state index contributed by atoms with van der Waals surface area (Å²) < 4.78 is 39.9. The number of likely N-dealkylation sites (tertiary alicyclic amines) is 1. The molecule has 1 aliphatic heterocycles. The van der Waals surface area contributed by atoms with Crippen molar-refractivity contribution in [2.24, 2.45) is 7.05 Å². The van der Waals surface area contributed by atoms with E-state index >= 15 is 0 Å². The summed E-state index contributed by atoms with van der Waals surface area (Å²) in [4.78, 5) is 6.31. The van der Waals surface area contributed by atoms with Crippen molar-refractivity contribution < 1.29 is 17.9 Å². The molecule has 182 valence electrons. The Morgan fingerprint density at radius 1 is 1.09 bits per heavy atom. The molecule has 0 atom stereocenters. The Kier molecular flexibility index (Phi) is 7.67. The highest BCUT2D eigenvalue weighted by Crippen LogP contribution is 2.39. The van der Waals surface area contributed by atoms with Crippen LogP contribution in [0.25, 0.3) is 0 Å². The number of hydrogen-bond donors (Lipinski definition) is 1. The van der Waals surface area contributed by atoms with Gasteiger partial charge in [0, 0.05) is 51.9 Å². The van der Waals surface area contributed by atoms with E-state index in [1.165, 1.54) is 23.7 Å². The van der Waals surface area contributed by atoms with Gasteiger partial charge in [0.1, 0.15) is 12.4 Å². The molecule has 0 spiro atoms. The van der Waals surface area contributed by atoms with Gasteiger partial charge >= 0.3 is 0 Å². The van der Waals surface area contributed by atoms with Crippen LogP contribution in [0.1, 0.15) is 11.1 Å². The van der Waals surface area contributed by atoms with Gasteiger partial charge in [0.25, 0.3) is 10.0 Å². The molecule has 0 aliphatic carbocycles. The number of nitrogens with zero attached hydrogens (tertiary/aromatic N) is 3. The predicted molar refractivity (Wildman–Crippen MR) is 130 cm³/mol. The number of aromatic nitrogens is 2. The number of nitrogens with one attached hydrogen (secondary N) is 1. The minimum absolute atomic E-state index is 0.00265. The number of rotatable bonds is 12. The van der Waals surface area contributed by atoms with Crippen LogP contribution in [0.15, 0.2) is 72.1 Å². The number of imidazole rings is 1. The molecule has 3 aromatic rings. The highest BCUT2D eigenvalue weighted by Gasteiger charge is 2.44. The first-order valence-electron chi connectivity index (χ1n) is 11.4. The van der Waals surface area contributed by atoms with E-state index in [1.54, 1.807) is 18.7 Å². The van der Waals surface area contributed by atoms with Gasteiger partial charge in [0.2, 0.25) is 0 Å². The summed E-state index contributed by atoms with van der Waals surface area (Å²) in [6.45, 7) is 3.93. The Morgan fingerprint density at radius 2 is 1.88 bits per heavy atom. The van der Waals surface area contributed by atoms with Crippen LogP contribution in [-0.4, -0.2) is 69.4 Å². The van der Waals surface area contributed by atoms with Gasteiger partial charge in [-0.2, -0.15) is 0 Å². The molecule has 1 N–H and O–H groups in total. The molecule has 34 heavy (non-hydrogen) atoms. The Morgan fingerprint density at radius 3 is 2.59 bits per heavy atom. The standard InChI is InChI=1S/C25H32N4O4S/c1-28-17-24(26-20-28)34(30,31)27-11-13-33-23-10-6-9-22(15-23)25(16-21-7-4-3-5-8-21)18-29(19-25)12-14-32-2/h3-10,15,17,20,27H,11-14,16,18-19H2,1-2H3. The van der Waals surface area contributed by atoms with Gasteiger partial charge in [-0.25, -0.2) is 18.1 Å². The third kappa shape index (κ3) is 5.85. The van der Waals surface area contributed by atoms with E-state index in [0.717, 1.165) is 38.4 Å². The predicted octanol–water partition coefficient (Wildman–Crippen LogP) is 2.22. The van der Waals surface area contributed by atoms with Crippen LogP contribution < -0.4 is 9.46 Å². The molecule has 2 heterocycles. The van der Waals surface area contributed by atoms with Crippen molar-refractivity contribution >= 4 is 10.0 Å². The van der Waals surface area contributed by atoms with Crippen molar-refractivity contribution in [3.8, 4) is 5.75 Å². The van der Waals surface area contributed by atoms with Gasteiger partial charge in [-0.1, -0.05) is 42.5 Å². The number of benzene rings is 2. The van der Waals surface area contributed by atoms with Gasteiger partial charge in [-0.05, 0) is 29.7 Å². The topological polar surface area (TPSA) is 85.7 Å². The van der Waals surface area contributed by atoms with E-state index in [9.17, 15) is 8.42 Å². The summed E-state index contributed by atoms with van der Waals surface area (Å²) in [7, 11) is -0.188. The van der Waals surface area contributed by atoms with E-state index in [-0.39, 0.29) is 23.6 Å². The zero-order valence-corrected chi connectivity index (χ0v) is 20.5. The fourth-order valence-electron chi connectivity index (χ4n) is 4.43. The Hall–Kier alpha value is -2.72. The van der Waals surface area contributed by atoms with Gasteiger partial charge in [-0.15, -0.1) is 0 Å². The minimum Gasteiger partial charge on any atom is -0.492 e. The molecule has 1 fully saturated rings. The van der Waals surface area contributed by atoms with Crippen molar-refractivity contribution in [3.05, 3.63) is 78.2 Å². The maximum atomic E-state index is 12.3. The van der Waals surface area contributed by atoms with E-state index in [1.807, 2.05) is 18.2 Å². The van der Waals surface area contributed by atoms with Gasteiger partial charge in [0.05, 0.1) is 12.9 Å². The van der Waals surface area contributed by atoms with Crippen LogP contribution in [0.4, 0.5) is 0 Å². The van der Waals surface area contributed by atoms with Crippen molar-refractivity contribution in [3.63, 3.8) is 0 Å². The quantitative estimate of drug-likeness (QED) is 0.397. The Bertz CT molecular complexity index is 1170. The second-order valence-electron chi connectivity index (χ2n) is 8.80. The molecule has 4 rings (SSSR count). The fraction of sp³-hybridized carbons (Fsp3) is 0.400. The number of aryl methyl sites for hydroxylation is 1. The van der Waals surface area contributed by atoms with E-state index in [0.29, 0.717) is 0 Å². The summed E-state index contributed by atoms with van der Waals surface area (Å²) in [6, 6.07) is 18.7. The first-order valence-corrected chi connectivity index (χ1v) is 12.8. The largest absolute Gasteiger partial charge is 0.492 e. The molecule has 0 saturated carbocycles. The second-order valence-corrected chi connectivity index (χ2v) is 10.5. The average molecular weight is 485 g/mol. The van der Waals surface area contributed by atoms with Crippen LogP contribution in [0.5, 0.6) is 5.75 Å². The summed E-state index contributed by atoms with van der Waals surface area (Å²) in [5.41, 5.74) is 2.55. The molecular formula is C25H32N4O4S. The van der Waals surface area contributed by atoms with Crippen molar-refractivity contribution in [1.82, 2.24) is 19.2 Å². The zero-order chi connectivity index (χ0) is 24.0. The smallest absolute Gasteiger partial charge is 0.259 e.